The average Bonchev–Trinajstić information content (AvgIpc) is 3.39. The summed E-state index contributed by atoms with van der Waals surface area (Å²) in [5.41, 5.74) is 2.03. The number of aromatic nitrogens is 3. The van der Waals surface area contributed by atoms with E-state index in [4.69, 9.17) is 18.9 Å². The van der Waals surface area contributed by atoms with Crippen molar-refractivity contribution in [2.45, 2.75) is 51.2 Å². The maximum atomic E-state index is 5.49. The Hall–Kier alpha value is -3.95. The molecule has 3 N–H and O–H groups in total. The van der Waals surface area contributed by atoms with Crippen molar-refractivity contribution in [3.05, 3.63) is 47.5 Å². The van der Waals surface area contributed by atoms with Crippen molar-refractivity contribution in [1.29, 1.82) is 0 Å². The van der Waals surface area contributed by atoms with Crippen molar-refractivity contribution in [2.24, 2.45) is 0 Å². The molecular weight excluding hydrogens is 460 g/mol. The highest BCUT2D eigenvalue weighted by Crippen LogP contribution is 2.32. The summed E-state index contributed by atoms with van der Waals surface area (Å²) in [5, 5.41) is 10.2. The van der Waals surface area contributed by atoms with Crippen LogP contribution in [-0.4, -0.2) is 42.0 Å². The van der Waals surface area contributed by atoms with Crippen molar-refractivity contribution in [2.75, 3.05) is 37.0 Å². The number of fused-ring (bicyclic) bond motifs is 1. The minimum Gasteiger partial charge on any atom is -0.497 e. The number of hydrogen-bond donors (Lipinski definition) is 3. The van der Waals surface area contributed by atoms with Gasteiger partial charge in [0.05, 0.1) is 14.2 Å². The number of methoxy groups -OCH3 is 2. The predicted molar refractivity (Wildman–Crippen MR) is 137 cm³/mol. The first-order chi connectivity index (χ1) is 17.7. The SMILES string of the molecule is COc1cc(CNc2nc(NCc3ccc4c(c3)OCO4)nc(NC3CCCCC3)n2)cc(OC)c1. The molecule has 36 heavy (non-hydrogen) atoms. The van der Waals surface area contributed by atoms with E-state index < -0.39 is 0 Å². The van der Waals surface area contributed by atoms with Crippen molar-refractivity contribution >= 4 is 17.8 Å². The van der Waals surface area contributed by atoms with Crippen LogP contribution in [0.2, 0.25) is 0 Å². The highest BCUT2D eigenvalue weighted by atomic mass is 16.7. The first-order valence-electron chi connectivity index (χ1n) is 12.3. The lowest BCUT2D eigenvalue weighted by molar-refractivity contribution is 0.174. The monoisotopic (exact) mass is 492 g/mol. The minimum atomic E-state index is 0.254. The number of anilines is 3. The Morgan fingerprint density at radius 2 is 1.39 bits per heavy atom. The molecule has 0 spiro atoms. The fourth-order valence-corrected chi connectivity index (χ4v) is 4.41. The van der Waals surface area contributed by atoms with Gasteiger partial charge in [0, 0.05) is 25.2 Å². The van der Waals surface area contributed by atoms with Gasteiger partial charge in [-0.15, -0.1) is 0 Å². The van der Waals surface area contributed by atoms with Gasteiger partial charge in [-0.3, -0.25) is 0 Å². The Morgan fingerprint density at radius 1 is 0.750 bits per heavy atom. The predicted octanol–water partition coefficient (Wildman–Crippen LogP) is 4.59. The minimum absolute atomic E-state index is 0.254. The highest BCUT2D eigenvalue weighted by molar-refractivity contribution is 5.47. The molecule has 2 aliphatic rings. The van der Waals surface area contributed by atoms with Crippen molar-refractivity contribution < 1.29 is 18.9 Å². The zero-order valence-electron chi connectivity index (χ0n) is 20.7. The molecule has 5 rings (SSSR count). The molecule has 0 radical (unpaired) electrons. The van der Waals surface area contributed by atoms with Crippen molar-refractivity contribution in [3.8, 4) is 23.0 Å². The van der Waals surface area contributed by atoms with Crippen molar-refractivity contribution in [3.63, 3.8) is 0 Å². The highest BCUT2D eigenvalue weighted by Gasteiger charge is 2.17. The van der Waals surface area contributed by atoms with E-state index in [0.717, 1.165) is 47.0 Å². The second kappa shape index (κ2) is 11.2. The zero-order valence-corrected chi connectivity index (χ0v) is 20.7. The number of nitrogens with one attached hydrogen (secondary N) is 3. The Labute approximate surface area is 210 Å². The van der Waals surface area contributed by atoms with Gasteiger partial charge in [-0.25, -0.2) is 0 Å². The largest absolute Gasteiger partial charge is 0.497 e. The fraction of sp³-hybridized carbons (Fsp3) is 0.423. The lowest BCUT2D eigenvalue weighted by atomic mass is 9.96. The molecule has 10 nitrogen and oxygen atoms in total. The van der Waals surface area contributed by atoms with Gasteiger partial charge in [-0.2, -0.15) is 15.0 Å². The molecule has 1 aliphatic carbocycles. The molecule has 1 saturated carbocycles. The summed E-state index contributed by atoms with van der Waals surface area (Å²) in [7, 11) is 3.28. The Bertz CT molecular complexity index is 1160. The molecule has 0 atom stereocenters. The molecule has 2 heterocycles. The van der Waals surface area contributed by atoms with Crippen LogP contribution in [0.25, 0.3) is 0 Å². The summed E-state index contributed by atoms with van der Waals surface area (Å²) in [6.45, 7) is 1.29. The Balaban J connectivity index is 1.32. The summed E-state index contributed by atoms with van der Waals surface area (Å²) in [6, 6.07) is 12.0. The first-order valence-corrected chi connectivity index (χ1v) is 12.3. The molecule has 0 bridgehead atoms. The Kier molecular flexibility index (Phi) is 7.39. The van der Waals surface area contributed by atoms with Crippen LogP contribution in [0.4, 0.5) is 17.8 Å². The first kappa shape index (κ1) is 23.8. The zero-order chi connectivity index (χ0) is 24.7. The lowest BCUT2D eigenvalue weighted by Gasteiger charge is -2.23. The van der Waals surface area contributed by atoms with Crippen LogP contribution in [0.3, 0.4) is 0 Å². The van der Waals surface area contributed by atoms with Crippen LogP contribution >= 0.6 is 0 Å². The van der Waals surface area contributed by atoms with Gasteiger partial charge < -0.3 is 34.9 Å². The molecule has 0 unspecified atom stereocenters. The lowest BCUT2D eigenvalue weighted by Crippen LogP contribution is -2.24. The summed E-state index contributed by atoms with van der Waals surface area (Å²) >= 11 is 0. The topological polar surface area (TPSA) is 112 Å². The molecular formula is C26H32N6O4. The number of ether oxygens (including phenoxy) is 4. The van der Waals surface area contributed by atoms with E-state index in [-0.39, 0.29) is 6.79 Å². The normalized spacial score (nSPS) is 14.8. The van der Waals surface area contributed by atoms with Crippen LogP contribution in [0.1, 0.15) is 43.2 Å². The average molecular weight is 493 g/mol. The van der Waals surface area contributed by atoms with Crippen molar-refractivity contribution in [1.82, 2.24) is 15.0 Å². The Morgan fingerprint density at radius 3 is 2.08 bits per heavy atom. The molecule has 0 amide bonds. The van der Waals surface area contributed by atoms with Gasteiger partial charge in [0.2, 0.25) is 24.6 Å². The molecule has 0 saturated heterocycles. The molecule has 2 aromatic carbocycles. The van der Waals surface area contributed by atoms with E-state index in [1.54, 1.807) is 14.2 Å². The van der Waals surface area contributed by atoms with E-state index >= 15 is 0 Å². The fourth-order valence-electron chi connectivity index (χ4n) is 4.41. The molecule has 190 valence electrons. The van der Waals surface area contributed by atoms with Gasteiger partial charge in [0.1, 0.15) is 11.5 Å². The number of rotatable bonds is 10. The molecule has 10 heteroatoms. The van der Waals surface area contributed by atoms with E-state index in [1.807, 2.05) is 36.4 Å². The van der Waals surface area contributed by atoms with Crippen LogP contribution in [-0.2, 0) is 13.1 Å². The van der Waals surface area contributed by atoms with E-state index in [0.29, 0.717) is 37.0 Å². The summed E-state index contributed by atoms with van der Waals surface area (Å²) in [6.07, 6.45) is 5.98. The van der Waals surface area contributed by atoms with Gasteiger partial charge >= 0.3 is 0 Å². The quantitative estimate of drug-likeness (QED) is 0.372. The molecule has 1 aromatic heterocycles. The van der Waals surface area contributed by atoms with Crippen LogP contribution in [0.15, 0.2) is 36.4 Å². The summed E-state index contributed by atoms with van der Waals surface area (Å²) < 4.78 is 21.7. The summed E-state index contributed by atoms with van der Waals surface area (Å²) in [4.78, 5) is 13.9. The number of benzene rings is 2. The number of nitrogens with zero attached hydrogens (tertiary/aromatic N) is 3. The van der Waals surface area contributed by atoms with Crippen LogP contribution in [0.5, 0.6) is 23.0 Å². The maximum absolute atomic E-state index is 5.49. The smallest absolute Gasteiger partial charge is 0.231 e. The third-order valence-corrected chi connectivity index (χ3v) is 6.32. The van der Waals surface area contributed by atoms with Crippen LogP contribution in [0, 0.1) is 0 Å². The second-order valence-electron chi connectivity index (χ2n) is 8.90. The third kappa shape index (κ3) is 5.99. The van der Waals surface area contributed by atoms with Gasteiger partial charge in [0.15, 0.2) is 11.5 Å². The van der Waals surface area contributed by atoms with Gasteiger partial charge in [-0.05, 0) is 48.2 Å². The third-order valence-electron chi connectivity index (χ3n) is 6.32. The molecule has 3 aromatic rings. The molecule has 1 fully saturated rings. The van der Waals surface area contributed by atoms with Crippen LogP contribution < -0.4 is 34.9 Å². The maximum Gasteiger partial charge on any atom is 0.231 e. The van der Waals surface area contributed by atoms with E-state index in [1.165, 1.54) is 19.3 Å². The molecule has 1 aliphatic heterocycles. The van der Waals surface area contributed by atoms with E-state index in [2.05, 4.69) is 30.9 Å². The van der Waals surface area contributed by atoms with Gasteiger partial charge in [-0.1, -0.05) is 25.3 Å². The summed E-state index contributed by atoms with van der Waals surface area (Å²) in [5.74, 6) is 4.51. The van der Waals surface area contributed by atoms with E-state index in [9.17, 15) is 0 Å². The second-order valence-corrected chi connectivity index (χ2v) is 8.90. The number of hydrogen-bond acceptors (Lipinski definition) is 10. The standard InChI is InChI=1S/C26H32N6O4/c1-33-20-10-18(11-21(13-20)34-2)15-28-25-30-24(31-26(32-25)29-19-6-4-3-5-7-19)27-14-17-8-9-22-23(12-17)36-16-35-22/h8-13,19H,3-7,14-16H2,1-2H3,(H3,27,28,29,30,31,32). The van der Waals surface area contributed by atoms with Gasteiger partial charge in [0.25, 0.3) is 0 Å².